The van der Waals surface area contributed by atoms with E-state index in [0.717, 1.165) is 77.7 Å². The van der Waals surface area contributed by atoms with Gasteiger partial charge in [0.2, 0.25) is 0 Å². The van der Waals surface area contributed by atoms with Crippen LogP contribution in [0.4, 0.5) is 10.5 Å². The molecule has 0 radical (unpaired) electrons. The number of hydrogen-bond donors (Lipinski definition) is 4. The Hall–Kier alpha value is -2.36. The average Bonchev–Trinajstić information content (AvgIpc) is 3.47. The molecule has 31 heavy (non-hydrogen) atoms. The molecule has 164 valence electrons. The Morgan fingerprint density at radius 1 is 1.32 bits per heavy atom. The van der Waals surface area contributed by atoms with Crippen molar-refractivity contribution >= 4 is 33.0 Å². The molecule has 1 aromatic carbocycles. The Balaban J connectivity index is 1.68. The second-order valence-electron chi connectivity index (χ2n) is 7.99. The van der Waals surface area contributed by atoms with Crippen LogP contribution in [0.5, 0.6) is 0 Å². The number of carbonyl (C=O) groups excluding carboxylic acids is 1. The van der Waals surface area contributed by atoms with Gasteiger partial charge in [-0.2, -0.15) is 5.26 Å². The van der Waals surface area contributed by atoms with Gasteiger partial charge in [0.1, 0.15) is 14.8 Å². The summed E-state index contributed by atoms with van der Waals surface area (Å²) in [5.74, 6) is 0. The van der Waals surface area contributed by atoms with Gasteiger partial charge in [-0.15, -0.1) is 15.7 Å². The molecule has 1 aromatic heterocycles. The molecular formula is C20H23N5O4S2. The first-order valence-corrected chi connectivity index (χ1v) is 12.3. The summed E-state index contributed by atoms with van der Waals surface area (Å²) in [6.45, 7) is 0.794. The largest absolute Gasteiger partial charge is 0.393 e. The third-order valence-corrected chi connectivity index (χ3v) is 8.88. The van der Waals surface area contributed by atoms with Crippen molar-refractivity contribution in [1.29, 1.82) is 5.26 Å². The third kappa shape index (κ3) is 3.86. The lowest BCUT2D eigenvalue weighted by molar-refractivity contribution is -0.00244. The van der Waals surface area contributed by atoms with Crippen LogP contribution in [0.3, 0.4) is 0 Å². The maximum absolute atomic E-state index is 12.9. The number of nitrogens with two attached hydrogens (primary N) is 1. The maximum Gasteiger partial charge on any atom is 0.354 e. The van der Waals surface area contributed by atoms with E-state index in [0.29, 0.717) is 5.69 Å². The Bertz CT molecular complexity index is 1200. The van der Waals surface area contributed by atoms with Crippen LogP contribution in [0.1, 0.15) is 52.6 Å². The molecule has 0 aliphatic heterocycles. The van der Waals surface area contributed by atoms with Gasteiger partial charge in [0, 0.05) is 5.69 Å². The summed E-state index contributed by atoms with van der Waals surface area (Å²) in [5, 5.41) is 37.8. The van der Waals surface area contributed by atoms with E-state index in [9.17, 15) is 24.5 Å². The monoisotopic (exact) mass is 461 g/mol. The number of nitriles is 1. The van der Waals surface area contributed by atoms with E-state index in [1.807, 2.05) is 0 Å². The molecule has 11 heteroatoms. The number of benzene rings is 1. The second kappa shape index (κ2) is 7.96. The van der Waals surface area contributed by atoms with Gasteiger partial charge in [0.05, 0.1) is 24.4 Å². The number of thiazole rings is 1. The van der Waals surface area contributed by atoms with Gasteiger partial charge in [0.15, 0.2) is 9.92 Å². The minimum Gasteiger partial charge on any atom is -0.393 e. The van der Waals surface area contributed by atoms with Gasteiger partial charge in [-0.25, -0.2) is 19.1 Å². The predicted molar refractivity (Wildman–Crippen MR) is 116 cm³/mol. The molecule has 4 rings (SSSR count). The lowest BCUT2D eigenvalue weighted by Crippen LogP contribution is -2.25. The minimum atomic E-state index is -3.59. The quantitative estimate of drug-likeness (QED) is 0.545. The fourth-order valence-electron chi connectivity index (χ4n) is 4.25. The van der Waals surface area contributed by atoms with Crippen LogP contribution in [0, 0.1) is 11.3 Å². The number of aromatic nitrogens is 1. The first-order valence-electron chi connectivity index (χ1n) is 9.93. The first kappa shape index (κ1) is 21.9. The fraction of sp³-hybridized carbons (Fsp3) is 0.450. The summed E-state index contributed by atoms with van der Waals surface area (Å²) in [6, 6.07) is 1.51. The second-order valence-corrected chi connectivity index (χ2v) is 11.0. The number of anilines is 1. The van der Waals surface area contributed by atoms with Crippen LogP contribution < -0.4 is 10.5 Å². The van der Waals surface area contributed by atoms with E-state index in [1.165, 1.54) is 13.1 Å². The normalized spacial score (nSPS) is 18.4. The molecule has 1 heterocycles. The summed E-state index contributed by atoms with van der Waals surface area (Å²) >= 11 is 0.833. The highest BCUT2D eigenvalue weighted by Gasteiger charge is 2.30. The SMILES string of the molecule is C[C@](O)(CO)c1ncc([S@](N)(=O)=NC(=O)Nc2c3c(c(C#N)c4c2CCC4)CCC3)s1. The molecule has 2 aliphatic rings. The maximum atomic E-state index is 12.9. The molecule has 5 N–H and O–H groups in total. The van der Waals surface area contributed by atoms with Gasteiger partial charge < -0.3 is 15.5 Å². The van der Waals surface area contributed by atoms with Crippen molar-refractivity contribution in [3.63, 3.8) is 0 Å². The molecule has 0 unspecified atom stereocenters. The lowest BCUT2D eigenvalue weighted by atomic mass is 9.93. The van der Waals surface area contributed by atoms with Crippen LogP contribution in [-0.4, -0.2) is 32.0 Å². The fourth-order valence-corrected chi connectivity index (χ4v) is 6.35. The number of amides is 2. The van der Waals surface area contributed by atoms with Crippen LogP contribution in [0.25, 0.3) is 0 Å². The predicted octanol–water partition coefficient (Wildman–Crippen LogP) is 2.12. The van der Waals surface area contributed by atoms with E-state index in [2.05, 4.69) is 20.7 Å². The Morgan fingerprint density at radius 3 is 2.45 bits per heavy atom. The van der Waals surface area contributed by atoms with E-state index < -0.39 is 28.2 Å². The van der Waals surface area contributed by atoms with Gasteiger partial charge in [-0.1, -0.05) is 0 Å². The van der Waals surface area contributed by atoms with Crippen LogP contribution >= 0.6 is 11.3 Å². The smallest absolute Gasteiger partial charge is 0.354 e. The van der Waals surface area contributed by atoms with Gasteiger partial charge in [-0.3, -0.25) is 0 Å². The van der Waals surface area contributed by atoms with Crippen molar-refractivity contribution in [2.24, 2.45) is 9.50 Å². The number of nitrogens with one attached hydrogen (secondary N) is 1. The molecule has 0 bridgehead atoms. The van der Waals surface area contributed by atoms with Crippen molar-refractivity contribution in [2.45, 2.75) is 55.3 Å². The van der Waals surface area contributed by atoms with Crippen LogP contribution in [0.2, 0.25) is 0 Å². The average molecular weight is 462 g/mol. The Labute approximate surface area is 184 Å². The molecule has 2 aliphatic carbocycles. The Morgan fingerprint density at radius 2 is 1.90 bits per heavy atom. The van der Waals surface area contributed by atoms with Gasteiger partial charge in [-0.05, 0) is 67.7 Å². The lowest BCUT2D eigenvalue weighted by Gasteiger charge is -2.17. The number of nitrogens with zero attached hydrogens (tertiary/aromatic N) is 3. The van der Waals surface area contributed by atoms with E-state index in [4.69, 9.17) is 5.14 Å². The molecule has 9 nitrogen and oxygen atoms in total. The van der Waals surface area contributed by atoms with Crippen molar-refractivity contribution in [2.75, 3.05) is 11.9 Å². The number of urea groups is 1. The number of aliphatic hydroxyl groups is 2. The zero-order valence-electron chi connectivity index (χ0n) is 17.0. The Kier molecular flexibility index (Phi) is 5.61. The number of rotatable bonds is 4. The molecule has 0 saturated heterocycles. The molecule has 2 amide bonds. The van der Waals surface area contributed by atoms with Crippen molar-refractivity contribution < 1.29 is 19.2 Å². The standard InChI is InChI=1S/C20H23N5O4S2/c1-20(28,10-26)18-23-9-16(30-18)31(22,29)25-19(27)24-17-13-6-2-4-11(13)15(8-21)12-5-3-7-14(12)17/h9,26,28H,2-7,10H2,1H3,(H3,22,24,25,27,29)/t20-,31+/m0/s1. The van der Waals surface area contributed by atoms with Crippen LogP contribution in [0.15, 0.2) is 14.8 Å². The number of fused-ring (bicyclic) bond motifs is 2. The topological polar surface area (TPSA) is 162 Å². The molecule has 2 atom stereocenters. The van der Waals surface area contributed by atoms with E-state index in [1.54, 1.807) is 0 Å². The van der Waals surface area contributed by atoms with Crippen molar-refractivity contribution in [3.05, 3.63) is 39.0 Å². The van der Waals surface area contributed by atoms with Crippen molar-refractivity contribution in [3.8, 4) is 6.07 Å². The molecule has 0 spiro atoms. The highest BCUT2D eigenvalue weighted by molar-refractivity contribution is 7.93. The zero-order valence-corrected chi connectivity index (χ0v) is 18.6. The molecular weight excluding hydrogens is 438 g/mol. The third-order valence-electron chi connectivity index (χ3n) is 5.75. The molecule has 0 saturated carbocycles. The number of carbonyl (C=O) groups is 1. The van der Waals surface area contributed by atoms with E-state index >= 15 is 0 Å². The highest BCUT2D eigenvalue weighted by atomic mass is 32.2. The first-order chi connectivity index (χ1) is 14.7. The van der Waals surface area contributed by atoms with Gasteiger partial charge >= 0.3 is 6.03 Å². The minimum absolute atomic E-state index is 0.0293. The number of hydrogen-bond acceptors (Lipinski definition) is 7. The summed E-state index contributed by atoms with van der Waals surface area (Å²) in [4.78, 5) is 16.7. The number of aliphatic hydroxyl groups excluding tert-OH is 1. The molecule has 0 fully saturated rings. The van der Waals surface area contributed by atoms with Gasteiger partial charge in [0.25, 0.3) is 0 Å². The molecule has 2 aromatic rings. The van der Waals surface area contributed by atoms with Crippen molar-refractivity contribution in [1.82, 2.24) is 4.98 Å². The summed E-state index contributed by atoms with van der Waals surface area (Å²) < 4.78 is 16.7. The highest BCUT2D eigenvalue weighted by Crippen LogP contribution is 2.41. The summed E-state index contributed by atoms with van der Waals surface area (Å²) in [6.07, 6.45) is 6.14. The summed E-state index contributed by atoms with van der Waals surface area (Å²) in [7, 11) is -3.59. The van der Waals surface area contributed by atoms with E-state index in [-0.39, 0.29) is 9.22 Å². The zero-order chi connectivity index (χ0) is 22.4. The summed E-state index contributed by atoms with van der Waals surface area (Å²) in [5.41, 5.74) is 3.72. The van der Waals surface area contributed by atoms with Crippen LogP contribution in [-0.2, 0) is 41.2 Å².